The van der Waals surface area contributed by atoms with Crippen molar-refractivity contribution in [3.05, 3.63) is 41.3 Å². The molecule has 3 rings (SSSR count). The molecule has 1 amide bonds. The Balaban J connectivity index is 1.99. The van der Waals surface area contributed by atoms with E-state index in [4.69, 9.17) is 4.74 Å². The lowest BCUT2D eigenvalue weighted by atomic mass is 10.1. The van der Waals surface area contributed by atoms with Crippen LogP contribution < -0.4 is 4.90 Å². The normalized spacial score (nSPS) is 17.3. The number of ether oxygens (including phenoxy) is 1. The lowest BCUT2D eigenvalue weighted by Gasteiger charge is -2.21. The van der Waals surface area contributed by atoms with Crippen LogP contribution in [0.4, 0.5) is 5.69 Å². The molecule has 2 aromatic rings. The first kappa shape index (κ1) is 15.7. The number of fused-ring (bicyclic) bond motifs is 1. The molecule has 23 heavy (non-hydrogen) atoms. The van der Waals surface area contributed by atoms with Crippen LogP contribution in [0.1, 0.15) is 31.6 Å². The van der Waals surface area contributed by atoms with Crippen LogP contribution in [0.15, 0.2) is 36.4 Å². The van der Waals surface area contributed by atoms with Gasteiger partial charge in [0.15, 0.2) is 5.92 Å². The van der Waals surface area contributed by atoms with Gasteiger partial charge >= 0.3 is 5.97 Å². The van der Waals surface area contributed by atoms with E-state index in [2.05, 4.69) is 0 Å². The standard InChI is InChI=1S/C18H19NO3S/c1-18(2,3)22-17(21)14-15-12(19(4)16(14)20)10-13(23-15)11-8-6-5-7-9-11/h5-10,14H,1-4H3. The third-order valence-corrected chi connectivity index (χ3v) is 4.88. The average Bonchev–Trinajstić information content (AvgIpc) is 2.98. The Bertz CT molecular complexity index is 758. The second-order valence-electron chi connectivity index (χ2n) is 6.59. The number of esters is 1. The molecule has 1 aromatic heterocycles. The Morgan fingerprint density at radius 3 is 2.48 bits per heavy atom. The zero-order valence-corrected chi connectivity index (χ0v) is 14.4. The van der Waals surface area contributed by atoms with E-state index < -0.39 is 17.5 Å². The van der Waals surface area contributed by atoms with E-state index >= 15 is 0 Å². The molecule has 1 aromatic carbocycles. The predicted molar refractivity (Wildman–Crippen MR) is 91.8 cm³/mol. The van der Waals surface area contributed by atoms with Gasteiger partial charge in [0.25, 0.3) is 0 Å². The largest absolute Gasteiger partial charge is 0.459 e. The van der Waals surface area contributed by atoms with E-state index in [9.17, 15) is 9.59 Å². The molecule has 1 aliphatic heterocycles. The Morgan fingerprint density at radius 1 is 1.22 bits per heavy atom. The first-order valence-electron chi connectivity index (χ1n) is 7.47. The molecule has 0 saturated heterocycles. The number of benzene rings is 1. The van der Waals surface area contributed by atoms with Crippen LogP contribution in [0, 0.1) is 0 Å². The van der Waals surface area contributed by atoms with Gasteiger partial charge in [0, 0.05) is 11.9 Å². The quantitative estimate of drug-likeness (QED) is 0.621. The van der Waals surface area contributed by atoms with Gasteiger partial charge in [-0.2, -0.15) is 0 Å². The SMILES string of the molecule is CN1C(=O)C(C(=O)OC(C)(C)C)c2sc(-c3ccccc3)cc21. The number of carbonyl (C=O) groups excluding carboxylic acids is 2. The van der Waals surface area contributed by atoms with Crippen molar-refractivity contribution in [3.63, 3.8) is 0 Å². The number of hydrogen-bond acceptors (Lipinski definition) is 4. The van der Waals surface area contributed by atoms with Crippen molar-refractivity contribution in [2.24, 2.45) is 0 Å². The van der Waals surface area contributed by atoms with Gasteiger partial charge in [-0.15, -0.1) is 11.3 Å². The van der Waals surface area contributed by atoms with E-state index in [1.807, 2.05) is 36.4 Å². The molecule has 1 aliphatic rings. The number of likely N-dealkylation sites (N-methyl/N-ethyl adjacent to an activating group) is 1. The van der Waals surface area contributed by atoms with Gasteiger partial charge < -0.3 is 9.64 Å². The molecule has 1 unspecified atom stereocenters. The second-order valence-corrected chi connectivity index (χ2v) is 7.67. The van der Waals surface area contributed by atoms with E-state index in [1.165, 1.54) is 11.3 Å². The van der Waals surface area contributed by atoms with Crippen molar-refractivity contribution >= 4 is 28.9 Å². The highest BCUT2D eigenvalue weighted by Gasteiger charge is 2.44. The topological polar surface area (TPSA) is 46.6 Å². The van der Waals surface area contributed by atoms with Crippen molar-refractivity contribution in [2.45, 2.75) is 32.3 Å². The van der Waals surface area contributed by atoms with Crippen LogP contribution in [0.5, 0.6) is 0 Å². The second kappa shape index (κ2) is 5.49. The van der Waals surface area contributed by atoms with Crippen LogP contribution in [-0.2, 0) is 14.3 Å². The monoisotopic (exact) mass is 329 g/mol. The maximum absolute atomic E-state index is 12.5. The van der Waals surface area contributed by atoms with E-state index in [-0.39, 0.29) is 5.91 Å². The zero-order chi connectivity index (χ0) is 16.8. The van der Waals surface area contributed by atoms with Crippen LogP contribution in [0.25, 0.3) is 10.4 Å². The van der Waals surface area contributed by atoms with E-state index in [1.54, 1.807) is 32.7 Å². The summed E-state index contributed by atoms with van der Waals surface area (Å²) in [5.74, 6) is -1.55. The Morgan fingerprint density at radius 2 is 1.87 bits per heavy atom. The molecule has 4 nitrogen and oxygen atoms in total. The Hall–Kier alpha value is -2.14. The van der Waals surface area contributed by atoms with Crippen molar-refractivity contribution in [3.8, 4) is 10.4 Å². The molecule has 0 aliphatic carbocycles. The van der Waals surface area contributed by atoms with E-state index in [0.717, 1.165) is 21.0 Å². The molecule has 1 atom stereocenters. The smallest absolute Gasteiger partial charge is 0.324 e. The van der Waals surface area contributed by atoms with Crippen LogP contribution in [0.2, 0.25) is 0 Å². The number of hydrogen-bond donors (Lipinski definition) is 0. The summed E-state index contributed by atoms with van der Waals surface area (Å²) in [6.45, 7) is 5.41. The van der Waals surface area contributed by atoms with Crippen LogP contribution in [0.3, 0.4) is 0 Å². The lowest BCUT2D eigenvalue weighted by Crippen LogP contribution is -2.33. The van der Waals surface area contributed by atoms with Crippen molar-refractivity contribution < 1.29 is 14.3 Å². The van der Waals surface area contributed by atoms with Gasteiger partial charge in [0.2, 0.25) is 5.91 Å². The molecular weight excluding hydrogens is 310 g/mol. The van der Waals surface area contributed by atoms with Crippen molar-refractivity contribution in [1.29, 1.82) is 0 Å². The average molecular weight is 329 g/mol. The molecule has 2 heterocycles. The first-order chi connectivity index (χ1) is 10.8. The first-order valence-corrected chi connectivity index (χ1v) is 8.29. The highest BCUT2D eigenvalue weighted by Crippen LogP contribution is 2.46. The summed E-state index contributed by atoms with van der Waals surface area (Å²) in [5.41, 5.74) is 1.27. The number of nitrogens with zero attached hydrogens (tertiary/aromatic N) is 1. The van der Waals surface area contributed by atoms with Gasteiger partial charge in [-0.1, -0.05) is 30.3 Å². The van der Waals surface area contributed by atoms with Crippen LogP contribution >= 0.6 is 11.3 Å². The van der Waals surface area contributed by atoms with Gasteiger partial charge in [-0.25, -0.2) is 0 Å². The molecule has 0 bridgehead atoms. The summed E-state index contributed by atoms with van der Waals surface area (Å²) in [6.07, 6.45) is 0. The molecular formula is C18H19NO3S. The number of carbonyl (C=O) groups is 2. The summed E-state index contributed by atoms with van der Waals surface area (Å²) >= 11 is 1.48. The van der Waals surface area contributed by atoms with Gasteiger partial charge in [0.1, 0.15) is 5.60 Å². The zero-order valence-electron chi connectivity index (χ0n) is 13.6. The number of amides is 1. The summed E-state index contributed by atoms with van der Waals surface area (Å²) < 4.78 is 5.43. The Kier molecular flexibility index (Phi) is 3.76. The van der Waals surface area contributed by atoms with Crippen LogP contribution in [-0.4, -0.2) is 24.5 Å². The molecule has 5 heteroatoms. The van der Waals surface area contributed by atoms with Crippen molar-refractivity contribution in [1.82, 2.24) is 0 Å². The lowest BCUT2D eigenvalue weighted by molar-refractivity contribution is -0.158. The van der Waals surface area contributed by atoms with E-state index in [0.29, 0.717) is 0 Å². The fraction of sp³-hybridized carbons (Fsp3) is 0.333. The molecule has 120 valence electrons. The molecule has 0 spiro atoms. The minimum atomic E-state index is -0.850. The van der Waals surface area contributed by atoms with Gasteiger partial charge in [-0.05, 0) is 32.4 Å². The molecule has 0 N–H and O–H groups in total. The summed E-state index contributed by atoms with van der Waals surface area (Å²) in [5, 5.41) is 0. The highest BCUT2D eigenvalue weighted by molar-refractivity contribution is 7.16. The highest BCUT2D eigenvalue weighted by atomic mass is 32.1. The molecule has 0 fully saturated rings. The molecule has 0 saturated carbocycles. The third-order valence-electron chi connectivity index (χ3n) is 3.64. The van der Waals surface area contributed by atoms with Crippen molar-refractivity contribution in [2.75, 3.05) is 11.9 Å². The minimum absolute atomic E-state index is 0.222. The third kappa shape index (κ3) is 2.88. The predicted octanol–water partition coefficient (Wildman–Crippen LogP) is 3.82. The maximum atomic E-state index is 12.5. The number of rotatable bonds is 2. The fourth-order valence-corrected chi connectivity index (χ4v) is 3.88. The summed E-state index contributed by atoms with van der Waals surface area (Å²) in [6, 6.07) is 11.9. The van der Waals surface area contributed by atoms with Gasteiger partial charge in [0.05, 0.1) is 10.6 Å². The summed E-state index contributed by atoms with van der Waals surface area (Å²) in [7, 11) is 1.70. The van der Waals surface area contributed by atoms with Gasteiger partial charge in [-0.3, -0.25) is 9.59 Å². The fourth-order valence-electron chi connectivity index (χ4n) is 2.60. The Labute approximate surface area is 139 Å². The molecule has 0 radical (unpaired) electrons. The summed E-state index contributed by atoms with van der Waals surface area (Å²) in [4.78, 5) is 28.3. The number of thiophene rings is 1. The number of anilines is 1. The minimum Gasteiger partial charge on any atom is -0.459 e. The maximum Gasteiger partial charge on any atom is 0.324 e.